The Balaban J connectivity index is 1.06. The Hall–Kier alpha value is -2.50. The zero-order chi connectivity index (χ0) is 25.3. The van der Waals surface area contributed by atoms with Crippen LogP contribution in [-0.4, -0.2) is 69.9 Å². The van der Waals surface area contributed by atoms with Gasteiger partial charge in [-0.1, -0.05) is 0 Å². The second kappa shape index (κ2) is 10.5. The summed E-state index contributed by atoms with van der Waals surface area (Å²) in [6.45, 7) is 1.83. The summed E-state index contributed by atoms with van der Waals surface area (Å²) >= 11 is 0. The van der Waals surface area contributed by atoms with E-state index in [0.29, 0.717) is 29.9 Å². The Labute approximate surface area is 208 Å². The van der Waals surface area contributed by atoms with E-state index >= 15 is 0 Å². The highest BCUT2D eigenvalue weighted by Gasteiger charge is 2.37. The Kier molecular flexibility index (Phi) is 7.32. The Bertz CT molecular complexity index is 1070. The van der Waals surface area contributed by atoms with Crippen LogP contribution in [-0.2, 0) is 11.0 Å². The van der Waals surface area contributed by atoms with Crippen molar-refractivity contribution in [2.45, 2.75) is 75.5 Å². The van der Waals surface area contributed by atoms with Gasteiger partial charge in [0.05, 0.1) is 17.6 Å². The average Bonchev–Trinajstić information content (AvgIpc) is 2.84. The first-order chi connectivity index (χ1) is 17.3. The average molecular weight is 507 g/mol. The van der Waals surface area contributed by atoms with E-state index in [1.54, 1.807) is 0 Å². The number of aliphatic hydroxyl groups excluding tert-OH is 1. The molecule has 1 aliphatic carbocycles. The molecule has 2 saturated heterocycles. The van der Waals surface area contributed by atoms with Crippen LogP contribution < -0.4 is 16.0 Å². The summed E-state index contributed by atoms with van der Waals surface area (Å²) in [6, 6.07) is 4.39. The first kappa shape index (κ1) is 25.2. The largest absolute Gasteiger partial charge is 0.416 e. The van der Waals surface area contributed by atoms with E-state index in [4.69, 9.17) is 0 Å². The third-order valence-corrected chi connectivity index (χ3v) is 7.86. The predicted octanol–water partition coefficient (Wildman–Crippen LogP) is 2.88. The summed E-state index contributed by atoms with van der Waals surface area (Å²) in [4.78, 5) is 22.3. The van der Waals surface area contributed by atoms with Gasteiger partial charge in [0, 0.05) is 43.0 Å². The molecule has 1 amide bonds. The highest BCUT2D eigenvalue weighted by molar-refractivity contribution is 5.89. The number of fused-ring (bicyclic) bond motifs is 1. The van der Waals surface area contributed by atoms with Crippen LogP contribution in [0, 0.1) is 5.92 Å². The number of halogens is 3. The molecule has 1 aromatic carbocycles. The van der Waals surface area contributed by atoms with Gasteiger partial charge in [-0.2, -0.15) is 13.2 Å². The minimum atomic E-state index is -4.45. The van der Waals surface area contributed by atoms with E-state index in [-0.39, 0.29) is 29.7 Å². The number of alkyl halides is 3. The van der Waals surface area contributed by atoms with Crippen molar-refractivity contribution in [3.8, 4) is 0 Å². The summed E-state index contributed by atoms with van der Waals surface area (Å²) < 4.78 is 39.3. The van der Waals surface area contributed by atoms with Crippen molar-refractivity contribution in [1.82, 2.24) is 25.5 Å². The number of hydrogen-bond acceptors (Lipinski definition) is 7. The number of carbonyl (C=O) groups is 1. The zero-order valence-electron chi connectivity index (χ0n) is 20.1. The lowest BCUT2D eigenvalue weighted by Gasteiger charge is -2.48. The second-order valence-electron chi connectivity index (χ2n) is 10.3. The molecule has 8 nitrogen and oxygen atoms in total. The number of rotatable bonds is 7. The molecule has 3 aliphatic rings. The quantitative estimate of drug-likeness (QED) is 0.429. The van der Waals surface area contributed by atoms with Gasteiger partial charge >= 0.3 is 6.18 Å². The standard InChI is InChI=1S/C25H33F3N6O2/c26-25(27,28)16-6-9-21-19(10-16)24(31-14-30-21)29-11-23(36)32-17-12-34(13-17)18-7-4-15(5-8-18)20-2-1-3-22(35)33-20/h6,9-10,14-15,17-18,20,23,32,36H,1-5,7-8,11-13H2,(H,33,35)(H,29,30,31). The number of hydrogen-bond donors (Lipinski definition) is 4. The van der Waals surface area contributed by atoms with Gasteiger partial charge in [0.25, 0.3) is 0 Å². The van der Waals surface area contributed by atoms with Gasteiger partial charge in [-0.05, 0) is 62.6 Å². The number of aliphatic hydroxyl groups is 1. The van der Waals surface area contributed by atoms with Crippen LogP contribution in [0.5, 0.6) is 0 Å². The summed E-state index contributed by atoms with van der Waals surface area (Å²) in [5.74, 6) is 1.03. The first-order valence-electron chi connectivity index (χ1n) is 12.8. The molecule has 2 atom stereocenters. The fourth-order valence-electron chi connectivity index (χ4n) is 5.87. The molecule has 3 fully saturated rings. The second-order valence-corrected chi connectivity index (χ2v) is 10.3. The summed E-state index contributed by atoms with van der Waals surface area (Å²) in [5, 5.41) is 20.0. The van der Waals surface area contributed by atoms with E-state index in [9.17, 15) is 23.1 Å². The van der Waals surface area contributed by atoms with E-state index in [1.165, 1.54) is 12.4 Å². The van der Waals surface area contributed by atoms with Crippen molar-refractivity contribution in [1.29, 1.82) is 0 Å². The highest BCUT2D eigenvalue weighted by atomic mass is 19.4. The van der Waals surface area contributed by atoms with Crippen LogP contribution >= 0.6 is 0 Å². The molecule has 36 heavy (non-hydrogen) atoms. The van der Waals surface area contributed by atoms with Gasteiger partial charge in [0.1, 0.15) is 18.4 Å². The van der Waals surface area contributed by atoms with Crippen molar-refractivity contribution in [3.63, 3.8) is 0 Å². The normalized spacial score (nSPS) is 26.9. The van der Waals surface area contributed by atoms with Crippen LogP contribution in [0.2, 0.25) is 0 Å². The third kappa shape index (κ3) is 5.73. The number of carbonyl (C=O) groups excluding carboxylic acids is 1. The SMILES string of the molecule is O=C1CCCC(C2CCC(N3CC(NC(O)CNc4ncnc5ccc(C(F)(F)F)cc45)C3)CC2)N1. The van der Waals surface area contributed by atoms with E-state index in [1.807, 2.05) is 0 Å². The maximum absolute atomic E-state index is 13.1. The van der Waals surface area contributed by atoms with Crippen LogP contribution in [0.1, 0.15) is 50.5 Å². The molecule has 11 heteroatoms. The fraction of sp³-hybridized carbons (Fsp3) is 0.640. The molecule has 196 valence electrons. The first-order valence-corrected chi connectivity index (χ1v) is 12.8. The molecule has 2 aliphatic heterocycles. The summed E-state index contributed by atoms with van der Waals surface area (Å²) in [7, 11) is 0. The molecule has 0 spiro atoms. The lowest BCUT2D eigenvalue weighted by atomic mass is 9.78. The van der Waals surface area contributed by atoms with E-state index < -0.39 is 18.0 Å². The number of benzene rings is 1. The van der Waals surface area contributed by atoms with Crippen LogP contribution in [0.25, 0.3) is 10.9 Å². The van der Waals surface area contributed by atoms with Crippen LogP contribution in [0.4, 0.5) is 19.0 Å². The maximum Gasteiger partial charge on any atom is 0.416 e. The van der Waals surface area contributed by atoms with Gasteiger partial charge < -0.3 is 15.7 Å². The molecular formula is C25H33F3N6O2. The van der Waals surface area contributed by atoms with Gasteiger partial charge in [0.2, 0.25) is 5.91 Å². The number of nitrogens with one attached hydrogen (secondary N) is 3. The Morgan fingerprint density at radius 1 is 1.14 bits per heavy atom. The molecule has 3 heterocycles. The molecular weight excluding hydrogens is 473 g/mol. The number of aromatic nitrogens is 2. The van der Waals surface area contributed by atoms with Gasteiger partial charge in [-0.25, -0.2) is 9.97 Å². The van der Waals surface area contributed by atoms with Gasteiger partial charge in [-0.3, -0.25) is 15.0 Å². The third-order valence-electron chi connectivity index (χ3n) is 7.86. The minimum absolute atomic E-state index is 0.108. The number of amides is 1. The topological polar surface area (TPSA) is 102 Å². The number of nitrogens with zero attached hydrogens (tertiary/aromatic N) is 3. The fourth-order valence-corrected chi connectivity index (χ4v) is 5.87. The molecule has 0 radical (unpaired) electrons. The Morgan fingerprint density at radius 3 is 2.64 bits per heavy atom. The lowest BCUT2D eigenvalue weighted by Crippen LogP contribution is -2.64. The molecule has 2 aromatic rings. The van der Waals surface area contributed by atoms with E-state index in [0.717, 1.165) is 63.7 Å². The lowest BCUT2D eigenvalue weighted by molar-refractivity contribution is -0.137. The summed E-state index contributed by atoms with van der Waals surface area (Å²) in [5.41, 5.74) is -0.364. The van der Waals surface area contributed by atoms with Crippen molar-refractivity contribution in [2.75, 3.05) is 25.0 Å². The number of piperidine rings is 1. The minimum Gasteiger partial charge on any atom is -0.377 e. The monoisotopic (exact) mass is 506 g/mol. The van der Waals surface area contributed by atoms with Crippen molar-refractivity contribution in [3.05, 3.63) is 30.1 Å². The molecule has 1 aromatic heterocycles. The van der Waals surface area contributed by atoms with Gasteiger partial charge in [-0.15, -0.1) is 0 Å². The molecule has 0 bridgehead atoms. The van der Waals surface area contributed by atoms with E-state index in [2.05, 4.69) is 30.8 Å². The molecule has 5 rings (SSSR count). The van der Waals surface area contributed by atoms with Crippen LogP contribution in [0.3, 0.4) is 0 Å². The number of likely N-dealkylation sites (tertiary alicyclic amines) is 1. The zero-order valence-corrected chi connectivity index (χ0v) is 20.1. The smallest absolute Gasteiger partial charge is 0.377 e. The number of anilines is 1. The molecule has 2 unspecified atom stereocenters. The molecule has 4 N–H and O–H groups in total. The van der Waals surface area contributed by atoms with Crippen molar-refractivity contribution in [2.24, 2.45) is 5.92 Å². The predicted molar refractivity (Wildman–Crippen MR) is 129 cm³/mol. The van der Waals surface area contributed by atoms with Gasteiger partial charge in [0.15, 0.2) is 0 Å². The highest BCUT2D eigenvalue weighted by Crippen LogP contribution is 2.34. The van der Waals surface area contributed by atoms with Crippen molar-refractivity contribution >= 4 is 22.6 Å². The van der Waals surface area contributed by atoms with Crippen molar-refractivity contribution < 1.29 is 23.1 Å². The summed E-state index contributed by atoms with van der Waals surface area (Å²) in [6.07, 6.45) is 3.26. The maximum atomic E-state index is 13.1. The Morgan fingerprint density at radius 2 is 1.92 bits per heavy atom. The van der Waals surface area contributed by atoms with Crippen LogP contribution in [0.15, 0.2) is 24.5 Å². The molecule has 1 saturated carbocycles.